The number of nitrogens with two attached hydrogens (primary N) is 1. The number of nitrogens with one attached hydrogen (secondary N) is 1. The Morgan fingerprint density at radius 2 is 1.89 bits per heavy atom. The van der Waals surface area contributed by atoms with Crippen LogP contribution in [0.1, 0.15) is 24.5 Å². The maximum absolute atomic E-state index is 11.6. The second-order valence-corrected chi connectivity index (χ2v) is 5.46. The van der Waals surface area contributed by atoms with Gasteiger partial charge in [-0.25, -0.2) is 0 Å². The minimum atomic E-state index is -0.854. The number of rotatable bonds is 4. The summed E-state index contributed by atoms with van der Waals surface area (Å²) < 4.78 is 0. The molecule has 0 aliphatic heterocycles. The van der Waals surface area contributed by atoms with E-state index >= 15 is 0 Å². The lowest BCUT2D eigenvalue weighted by Gasteiger charge is -2.15. The average Bonchev–Trinajstić information content (AvgIpc) is 3.03. The fourth-order valence-electron chi connectivity index (χ4n) is 1.61. The molecular weight excluding hydrogens is 311 g/mol. The molecule has 0 bridgehead atoms. The first-order valence-electron chi connectivity index (χ1n) is 5.62. The number of benzene rings is 1. The standard InChI is InChI=1S/C12H14Cl2N2O2.ClH/c13-8-3-7(4-9(14)5-8)10(17)6-16-11(18)12(15)1-2-12;/h3-5,10,17H,1-2,6,15H2,(H,16,18);1H. The summed E-state index contributed by atoms with van der Waals surface area (Å²) in [6.45, 7) is 0.0917. The van der Waals surface area contributed by atoms with Gasteiger partial charge in [0.2, 0.25) is 5.91 Å². The minimum absolute atomic E-state index is 0. The summed E-state index contributed by atoms with van der Waals surface area (Å²) in [7, 11) is 0. The number of carbonyl (C=O) groups is 1. The highest BCUT2D eigenvalue weighted by atomic mass is 35.5. The highest BCUT2D eigenvalue weighted by Crippen LogP contribution is 2.32. The first-order valence-corrected chi connectivity index (χ1v) is 6.37. The molecule has 1 aliphatic carbocycles. The Hall–Kier alpha value is -0.520. The van der Waals surface area contributed by atoms with Crippen LogP contribution >= 0.6 is 35.6 Å². The van der Waals surface area contributed by atoms with Crippen molar-refractivity contribution in [1.29, 1.82) is 0 Å². The van der Waals surface area contributed by atoms with Gasteiger partial charge in [-0.05, 0) is 36.6 Å². The van der Waals surface area contributed by atoms with E-state index in [4.69, 9.17) is 28.9 Å². The van der Waals surface area contributed by atoms with Gasteiger partial charge in [-0.3, -0.25) is 4.79 Å². The molecule has 1 unspecified atom stereocenters. The third-order valence-electron chi connectivity index (χ3n) is 2.97. The van der Waals surface area contributed by atoms with Crippen LogP contribution in [-0.4, -0.2) is 23.1 Å². The fraction of sp³-hybridized carbons (Fsp3) is 0.417. The molecule has 1 saturated carbocycles. The van der Waals surface area contributed by atoms with Crippen LogP contribution in [0, 0.1) is 0 Å². The lowest BCUT2D eigenvalue weighted by atomic mass is 10.1. The van der Waals surface area contributed by atoms with Crippen LogP contribution in [0.25, 0.3) is 0 Å². The normalized spacial score (nSPS) is 17.3. The van der Waals surface area contributed by atoms with E-state index in [0.717, 1.165) is 0 Å². The Bertz CT molecular complexity index is 458. The van der Waals surface area contributed by atoms with Crippen LogP contribution in [0.2, 0.25) is 10.0 Å². The van der Waals surface area contributed by atoms with Crippen molar-refractivity contribution < 1.29 is 9.90 Å². The summed E-state index contributed by atoms with van der Waals surface area (Å²) in [4.78, 5) is 11.6. The van der Waals surface area contributed by atoms with Crippen LogP contribution in [-0.2, 0) is 4.79 Å². The predicted octanol–water partition coefficient (Wildman–Crippen LogP) is 2.06. The Kier molecular flexibility index (Phi) is 5.47. The lowest BCUT2D eigenvalue weighted by molar-refractivity contribution is -0.123. The molecule has 1 aromatic carbocycles. The van der Waals surface area contributed by atoms with Gasteiger partial charge in [-0.15, -0.1) is 12.4 Å². The van der Waals surface area contributed by atoms with Crippen LogP contribution < -0.4 is 11.1 Å². The quantitative estimate of drug-likeness (QED) is 0.793. The smallest absolute Gasteiger partial charge is 0.240 e. The van der Waals surface area contributed by atoms with E-state index in [2.05, 4.69) is 5.32 Å². The topological polar surface area (TPSA) is 75.4 Å². The Labute approximate surface area is 127 Å². The van der Waals surface area contributed by atoms with Crippen molar-refractivity contribution in [2.75, 3.05) is 6.54 Å². The second kappa shape index (κ2) is 6.29. The lowest BCUT2D eigenvalue weighted by Crippen LogP contribution is -2.44. The number of hydrogen-bond donors (Lipinski definition) is 3. The number of carbonyl (C=O) groups excluding carboxylic acids is 1. The predicted molar refractivity (Wildman–Crippen MR) is 77.8 cm³/mol. The van der Waals surface area contributed by atoms with Crippen LogP contribution in [0.3, 0.4) is 0 Å². The molecule has 1 amide bonds. The molecule has 0 heterocycles. The third kappa shape index (κ3) is 4.23. The Morgan fingerprint density at radius 3 is 2.37 bits per heavy atom. The van der Waals surface area contributed by atoms with Crippen LogP contribution in [0.15, 0.2) is 18.2 Å². The van der Waals surface area contributed by atoms with Gasteiger partial charge in [0.05, 0.1) is 11.6 Å². The molecule has 1 aliphatic rings. The number of hydrogen-bond acceptors (Lipinski definition) is 3. The van der Waals surface area contributed by atoms with Crippen LogP contribution in [0.4, 0.5) is 0 Å². The van der Waals surface area contributed by atoms with E-state index in [1.807, 2.05) is 0 Å². The molecule has 1 atom stereocenters. The molecule has 0 saturated heterocycles. The molecule has 7 heteroatoms. The summed E-state index contributed by atoms with van der Waals surface area (Å²) in [5.74, 6) is -0.227. The van der Waals surface area contributed by atoms with Gasteiger partial charge in [0.1, 0.15) is 0 Å². The molecule has 4 nitrogen and oxygen atoms in total. The van der Waals surface area contributed by atoms with Crippen molar-refractivity contribution in [2.45, 2.75) is 24.5 Å². The largest absolute Gasteiger partial charge is 0.387 e. The summed E-state index contributed by atoms with van der Waals surface area (Å²) >= 11 is 11.7. The highest BCUT2D eigenvalue weighted by Gasteiger charge is 2.45. The molecule has 0 aromatic heterocycles. The van der Waals surface area contributed by atoms with Gasteiger partial charge >= 0.3 is 0 Å². The van der Waals surface area contributed by atoms with Crippen molar-refractivity contribution in [2.24, 2.45) is 5.73 Å². The summed E-state index contributed by atoms with van der Waals surface area (Å²) in [5.41, 5.74) is 5.56. The number of halogens is 3. The highest BCUT2D eigenvalue weighted by molar-refractivity contribution is 6.34. The van der Waals surface area contributed by atoms with Crippen molar-refractivity contribution in [3.63, 3.8) is 0 Å². The SMILES string of the molecule is Cl.NC1(C(=O)NCC(O)c2cc(Cl)cc(Cl)c2)CC1. The maximum Gasteiger partial charge on any atom is 0.240 e. The first kappa shape index (κ1) is 16.5. The summed E-state index contributed by atoms with van der Waals surface area (Å²) in [5, 5.41) is 13.4. The molecule has 2 rings (SSSR count). The average molecular weight is 326 g/mol. The first-order chi connectivity index (χ1) is 8.40. The van der Waals surface area contributed by atoms with Crippen molar-refractivity contribution in [3.8, 4) is 0 Å². The van der Waals surface area contributed by atoms with E-state index in [1.165, 1.54) is 0 Å². The molecule has 0 spiro atoms. The number of amides is 1. The minimum Gasteiger partial charge on any atom is -0.387 e. The molecule has 4 N–H and O–H groups in total. The van der Waals surface area contributed by atoms with E-state index in [-0.39, 0.29) is 24.9 Å². The zero-order valence-electron chi connectivity index (χ0n) is 10.0. The Balaban J connectivity index is 0.00000180. The molecule has 106 valence electrons. The van der Waals surface area contributed by atoms with E-state index < -0.39 is 11.6 Å². The summed E-state index contributed by atoms with van der Waals surface area (Å²) in [6.07, 6.45) is 0.531. The zero-order chi connectivity index (χ0) is 13.3. The zero-order valence-corrected chi connectivity index (χ0v) is 12.4. The van der Waals surface area contributed by atoms with E-state index in [0.29, 0.717) is 28.5 Å². The number of aliphatic hydroxyl groups excluding tert-OH is 1. The van der Waals surface area contributed by atoms with Gasteiger partial charge in [-0.1, -0.05) is 23.2 Å². The van der Waals surface area contributed by atoms with Crippen molar-refractivity contribution in [3.05, 3.63) is 33.8 Å². The van der Waals surface area contributed by atoms with E-state index in [9.17, 15) is 9.90 Å². The van der Waals surface area contributed by atoms with Gasteiger partial charge < -0.3 is 16.2 Å². The third-order valence-corrected chi connectivity index (χ3v) is 3.40. The van der Waals surface area contributed by atoms with Gasteiger partial charge in [0.25, 0.3) is 0 Å². The Morgan fingerprint density at radius 1 is 1.37 bits per heavy atom. The number of aliphatic hydroxyl groups is 1. The second-order valence-electron chi connectivity index (χ2n) is 4.58. The van der Waals surface area contributed by atoms with Gasteiger partial charge in [-0.2, -0.15) is 0 Å². The molecule has 1 aromatic rings. The van der Waals surface area contributed by atoms with Gasteiger partial charge in [0.15, 0.2) is 0 Å². The van der Waals surface area contributed by atoms with E-state index in [1.54, 1.807) is 18.2 Å². The van der Waals surface area contributed by atoms with Crippen LogP contribution in [0.5, 0.6) is 0 Å². The molecule has 19 heavy (non-hydrogen) atoms. The maximum atomic E-state index is 11.6. The fourth-order valence-corrected chi connectivity index (χ4v) is 2.16. The monoisotopic (exact) mass is 324 g/mol. The van der Waals surface area contributed by atoms with Crippen molar-refractivity contribution >= 4 is 41.5 Å². The molecular formula is C12H15Cl3N2O2. The summed E-state index contributed by atoms with van der Waals surface area (Å²) in [6, 6.07) is 4.80. The molecule has 1 fully saturated rings. The van der Waals surface area contributed by atoms with Gasteiger partial charge in [0, 0.05) is 16.6 Å². The molecule has 0 radical (unpaired) electrons. The van der Waals surface area contributed by atoms with Crippen molar-refractivity contribution in [1.82, 2.24) is 5.32 Å².